The molecule has 0 unspecified atom stereocenters. The summed E-state index contributed by atoms with van der Waals surface area (Å²) in [5.74, 6) is 0.952. The molecule has 0 bridgehead atoms. The normalized spacial score (nSPS) is 17.3. The number of carbonyl (C=O) groups excluding carboxylic acids is 2. The minimum Gasteiger partial charge on any atom is -0.497 e. The molecule has 1 aromatic heterocycles. The van der Waals surface area contributed by atoms with Crippen molar-refractivity contribution in [2.24, 2.45) is 5.92 Å². The van der Waals surface area contributed by atoms with Gasteiger partial charge in [0.25, 0.3) is 0 Å². The second-order valence-corrected chi connectivity index (χ2v) is 5.77. The van der Waals surface area contributed by atoms with Crippen LogP contribution in [-0.4, -0.2) is 46.9 Å². The first-order chi connectivity index (χ1) is 11.6. The van der Waals surface area contributed by atoms with Crippen LogP contribution in [0.25, 0.3) is 11.0 Å². The van der Waals surface area contributed by atoms with Gasteiger partial charge in [0, 0.05) is 25.6 Å². The Balaban J connectivity index is 1.60. The lowest BCUT2D eigenvalue weighted by Gasteiger charge is -2.13. The number of likely N-dealkylation sites (tertiary alicyclic amines) is 1. The van der Waals surface area contributed by atoms with Gasteiger partial charge < -0.3 is 19.9 Å². The fourth-order valence-corrected chi connectivity index (χ4v) is 2.85. The molecule has 0 aliphatic carbocycles. The Morgan fingerprint density at radius 2 is 2.42 bits per heavy atom. The Bertz CT molecular complexity index is 783. The van der Waals surface area contributed by atoms with Gasteiger partial charge in [0.1, 0.15) is 11.6 Å². The van der Waals surface area contributed by atoms with E-state index in [-0.39, 0.29) is 24.2 Å². The molecule has 0 radical (unpaired) electrons. The molecule has 1 saturated heterocycles. The summed E-state index contributed by atoms with van der Waals surface area (Å²) >= 11 is 0. The maximum absolute atomic E-state index is 12.3. The third kappa shape index (κ3) is 3.24. The highest BCUT2D eigenvalue weighted by atomic mass is 16.5. The molecular weight excluding hydrogens is 308 g/mol. The van der Waals surface area contributed by atoms with Gasteiger partial charge in [0.05, 0.1) is 30.6 Å². The lowest BCUT2D eigenvalue weighted by molar-refractivity contribution is -0.128. The number of benzene rings is 1. The number of aromatic amines is 1. The molecule has 1 aliphatic heterocycles. The predicted molar refractivity (Wildman–Crippen MR) is 89.4 cm³/mol. The van der Waals surface area contributed by atoms with Gasteiger partial charge in [-0.15, -0.1) is 6.58 Å². The van der Waals surface area contributed by atoms with Gasteiger partial charge in [-0.25, -0.2) is 4.98 Å². The number of rotatable bonds is 6. The highest BCUT2D eigenvalue weighted by molar-refractivity contribution is 5.89. The number of fused-ring (bicyclic) bond motifs is 1. The molecule has 7 nitrogen and oxygen atoms in total. The van der Waals surface area contributed by atoms with Crippen LogP contribution in [0.5, 0.6) is 5.75 Å². The molecule has 0 saturated carbocycles. The first-order valence-corrected chi connectivity index (χ1v) is 7.79. The van der Waals surface area contributed by atoms with Gasteiger partial charge in [-0.05, 0) is 12.1 Å². The van der Waals surface area contributed by atoms with Crippen LogP contribution in [0, 0.1) is 5.92 Å². The van der Waals surface area contributed by atoms with Crippen LogP contribution in [0.2, 0.25) is 0 Å². The second kappa shape index (κ2) is 6.74. The Labute approximate surface area is 139 Å². The molecule has 1 aromatic carbocycles. The summed E-state index contributed by atoms with van der Waals surface area (Å²) < 4.78 is 5.18. The molecule has 1 aliphatic rings. The summed E-state index contributed by atoms with van der Waals surface area (Å²) in [6, 6.07) is 5.55. The first kappa shape index (κ1) is 16.0. The maximum atomic E-state index is 12.3. The van der Waals surface area contributed by atoms with E-state index in [0.29, 0.717) is 25.5 Å². The van der Waals surface area contributed by atoms with Crippen molar-refractivity contribution in [3.05, 3.63) is 36.7 Å². The van der Waals surface area contributed by atoms with Crippen LogP contribution in [0.4, 0.5) is 0 Å². The summed E-state index contributed by atoms with van der Waals surface area (Å²) in [5.41, 5.74) is 1.67. The van der Waals surface area contributed by atoms with Gasteiger partial charge in [-0.3, -0.25) is 9.59 Å². The number of nitrogens with one attached hydrogen (secondary N) is 2. The van der Waals surface area contributed by atoms with Crippen LogP contribution in [-0.2, 0) is 16.1 Å². The molecule has 2 heterocycles. The summed E-state index contributed by atoms with van der Waals surface area (Å²) in [6.45, 7) is 4.83. The topological polar surface area (TPSA) is 87.3 Å². The summed E-state index contributed by atoms with van der Waals surface area (Å²) in [4.78, 5) is 33.3. The third-order valence-corrected chi connectivity index (χ3v) is 4.10. The molecule has 24 heavy (non-hydrogen) atoms. The fourth-order valence-electron chi connectivity index (χ4n) is 2.85. The number of methoxy groups -OCH3 is 1. The second-order valence-electron chi connectivity index (χ2n) is 5.77. The molecule has 1 atom stereocenters. The first-order valence-electron chi connectivity index (χ1n) is 7.79. The average Bonchev–Trinajstić information content (AvgIpc) is 3.15. The molecular formula is C17H20N4O3. The molecule has 126 valence electrons. The van der Waals surface area contributed by atoms with E-state index in [4.69, 9.17) is 4.74 Å². The van der Waals surface area contributed by atoms with Crippen molar-refractivity contribution < 1.29 is 14.3 Å². The van der Waals surface area contributed by atoms with E-state index >= 15 is 0 Å². The number of H-pyrrole nitrogens is 1. The number of hydrogen-bond acceptors (Lipinski definition) is 4. The summed E-state index contributed by atoms with van der Waals surface area (Å²) in [5, 5.41) is 2.85. The highest BCUT2D eigenvalue weighted by Crippen LogP contribution is 2.20. The monoisotopic (exact) mass is 328 g/mol. The van der Waals surface area contributed by atoms with Gasteiger partial charge in [0.15, 0.2) is 0 Å². The van der Waals surface area contributed by atoms with Crippen LogP contribution in [0.15, 0.2) is 30.9 Å². The van der Waals surface area contributed by atoms with Crippen LogP contribution >= 0.6 is 0 Å². The summed E-state index contributed by atoms with van der Waals surface area (Å²) in [7, 11) is 1.61. The largest absolute Gasteiger partial charge is 0.497 e. The van der Waals surface area contributed by atoms with Crippen molar-refractivity contribution >= 4 is 22.8 Å². The van der Waals surface area contributed by atoms with E-state index in [9.17, 15) is 9.59 Å². The van der Waals surface area contributed by atoms with Crippen LogP contribution < -0.4 is 10.1 Å². The number of hydrogen-bond donors (Lipinski definition) is 2. The zero-order chi connectivity index (χ0) is 17.1. The number of imidazole rings is 1. The van der Waals surface area contributed by atoms with E-state index in [1.165, 1.54) is 0 Å². The SMILES string of the molecule is C=CCN1C[C@H](C(=O)NCc2nc3ccc(OC)cc3[nH]2)CC1=O. The van der Waals surface area contributed by atoms with Crippen molar-refractivity contribution in [3.63, 3.8) is 0 Å². The van der Waals surface area contributed by atoms with E-state index in [0.717, 1.165) is 16.8 Å². The number of ether oxygens (including phenoxy) is 1. The van der Waals surface area contributed by atoms with Gasteiger partial charge in [-0.2, -0.15) is 0 Å². The van der Waals surface area contributed by atoms with Crippen molar-refractivity contribution in [1.29, 1.82) is 0 Å². The van der Waals surface area contributed by atoms with E-state index in [2.05, 4.69) is 21.9 Å². The maximum Gasteiger partial charge on any atom is 0.225 e. The van der Waals surface area contributed by atoms with Crippen molar-refractivity contribution in [3.8, 4) is 5.75 Å². The third-order valence-electron chi connectivity index (χ3n) is 4.10. The van der Waals surface area contributed by atoms with Gasteiger partial charge in [-0.1, -0.05) is 6.08 Å². The standard InChI is InChI=1S/C17H20N4O3/c1-3-6-21-10-11(7-16(21)22)17(23)18-9-15-19-13-5-4-12(24-2)8-14(13)20-15/h3-5,8,11H,1,6-7,9-10H2,2H3,(H,18,23)(H,19,20)/t11-/m1/s1. The summed E-state index contributed by atoms with van der Waals surface area (Å²) in [6.07, 6.45) is 1.91. The number of carbonyl (C=O) groups is 2. The van der Waals surface area contributed by atoms with E-state index in [1.807, 2.05) is 18.2 Å². The Hall–Kier alpha value is -2.83. The zero-order valence-electron chi connectivity index (χ0n) is 13.5. The fraction of sp³-hybridized carbons (Fsp3) is 0.353. The highest BCUT2D eigenvalue weighted by Gasteiger charge is 2.33. The quantitative estimate of drug-likeness (QED) is 0.781. The Kier molecular flexibility index (Phi) is 4.50. The van der Waals surface area contributed by atoms with E-state index in [1.54, 1.807) is 18.1 Å². The van der Waals surface area contributed by atoms with Crippen LogP contribution in [0.3, 0.4) is 0 Å². The molecule has 2 aromatic rings. The van der Waals surface area contributed by atoms with Crippen LogP contribution in [0.1, 0.15) is 12.2 Å². The van der Waals surface area contributed by atoms with Crippen molar-refractivity contribution in [1.82, 2.24) is 20.2 Å². The average molecular weight is 328 g/mol. The van der Waals surface area contributed by atoms with Gasteiger partial charge >= 0.3 is 0 Å². The van der Waals surface area contributed by atoms with Gasteiger partial charge in [0.2, 0.25) is 11.8 Å². The predicted octanol–water partition coefficient (Wildman–Crippen LogP) is 1.22. The van der Waals surface area contributed by atoms with Crippen molar-refractivity contribution in [2.45, 2.75) is 13.0 Å². The van der Waals surface area contributed by atoms with E-state index < -0.39 is 0 Å². The smallest absolute Gasteiger partial charge is 0.225 e. The number of amides is 2. The minimum absolute atomic E-state index is 0.00844. The molecule has 7 heteroatoms. The minimum atomic E-state index is -0.318. The Morgan fingerprint density at radius 1 is 1.58 bits per heavy atom. The molecule has 2 N–H and O–H groups in total. The lowest BCUT2D eigenvalue weighted by atomic mass is 10.1. The molecule has 1 fully saturated rings. The number of nitrogens with zero attached hydrogens (tertiary/aromatic N) is 2. The lowest BCUT2D eigenvalue weighted by Crippen LogP contribution is -2.32. The molecule has 3 rings (SSSR count). The molecule has 0 spiro atoms. The van der Waals surface area contributed by atoms with Crippen molar-refractivity contribution in [2.75, 3.05) is 20.2 Å². The zero-order valence-corrected chi connectivity index (χ0v) is 13.5. The Morgan fingerprint density at radius 3 is 3.17 bits per heavy atom. The number of aromatic nitrogens is 2. The molecule has 2 amide bonds.